The summed E-state index contributed by atoms with van der Waals surface area (Å²) in [4.78, 5) is 80.5. The van der Waals surface area contributed by atoms with Crippen LogP contribution in [0.3, 0.4) is 0 Å². The van der Waals surface area contributed by atoms with Gasteiger partial charge in [-0.2, -0.15) is 0 Å². The molecule has 0 spiro atoms. The molecule has 6 aromatic carbocycles. The predicted molar refractivity (Wildman–Crippen MR) is 273 cm³/mol. The van der Waals surface area contributed by atoms with Gasteiger partial charge in [-0.1, -0.05) is 182 Å². The van der Waals surface area contributed by atoms with E-state index < -0.39 is 47.9 Å². The highest BCUT2D eigenvalue weighted by atomic mass is 16.2. The Bertz CT molecular complexity index is 2530. The fourth-order valence-corrected chi connectivity index (χ4v) is 8.75. The average molecular weight is 927 g/mol. The number of rotatable bonds is 23. The van der Waals surface area contributed by atoms with Crippen molar-refractivity contribution in [2.45, 2.75) is 68.7 Å². The number of hydrogen-bond acceptors (Lipinski definition) is 6. The monoisotopic (exact) mass is 927 g/mol. The lowest BCUT2D eigenvalue weighted by Gasteiger charge is -2.39. The van der Waals surface area contributed by atoms with Gasteiger partial charge in [0.2, 0.25) is 29.5 Å². The zero-order chi connectivity index (χ0) is 49.1. The maximum Gasteiger partial charge on any atom is 0.246 e. The Labute approximate surface area is 408 Å². The van der Waals surface area contributed by atoms with Crippen LogP contribution in [0.25, 0.3) is 0 Å². The second-order valence-corrected chi connectivity index (χ2v) is 17.7. The molecule has 2 N–H and O–H groups in total. The summed E-state index contributed by atoms with van der Waals surface area (Å²) >= 11 is 0. The number of nitrogens with zero attached hydrogens (tertiary/aromatic N) is 4. The van der Waals surface area contributed by atoms with Crippen LogP contribution in [0.4, 0.5) is 0 Å². The van der Waals surface area contributed by atoms with Crippen molar-refractivity contribution in [2.24, 2.45) is 0 Å². The van der Waals surface area contributed by atoms with Gasteiger partial charge in [0.05, 0.1) is 6.04 Å². The van der Waals surface area contributed by atoms with E-state index in [1.165, 1.54) is 19.6 Å². The Balaban J connectivity index is 1.33. The number of carbonyl (C=O) groups is 5. The molecule has 69 heavy (non-hydrogen) atoms. The van der Waals surface area contributed by atoms with Crippen LogP contribution in [0.1, 0.15) is 33.4 Å². The Morgan fingerprint density at radius 3 is 0.942 bits per heavy atom. The first-order valence-corrected chi connectivity index (χ1v) is 23.7. The van der Waals surface area contributed by atoms with Crippen LogP contribution in [0.2, 0.25) is 0 Å². The van der Waals surface area contributed by atoms with Crippen molar-refractivity contribution in [3.8, 4) is 0 Å². The summed E-state index contributed by atoms with van der Waals surface area (Å²) in [5.41, 5.74) is 5.40. The van der Waals surface area contributed by atoms with Gasteiger partial charge in [-0.15, -0.1) is 0 Å². The van der Waals surface area contributed by atoms with Crippen molar-refractivity contribution >= 4 is 29.5 Å². The lowest BCUT2D eigenvalue weighted by atomic mass is 9.97. The molecule has 0 fully saturated rings. The van der Waals surface area contributed by atoms with Crippen molar-refractivity contribution < 1.29 is 24.0 Å². The van der Waals surface area contributed by atoms with Gasteiger partial charge in [0.25, 0.3) is 0 Å². The highest BCUT2D eigenvalue weighted by molar-refractivity contribution is 5.96. The van der Waals surface area contributed by atoms with E-state index in [-0.39, 0.29) is 37.5 Å². The first-order chi connectivity index (χ1) is 33.4. The molecular weight excluding hydrogens is 861 g/mol. The van der Waals surface area contributed by atoms with Gasteiger partial charge >= 0.3 is 0 Å². The molecule has 5 atom stereocenters. The highest BCUT2D eigenvalue weighted by Gasteiger charge is 2.41. The van der Waals surface area contributed by atoms with Crippen LogP contribution in [0, 0.1) is 0 Å². The van der Waals surface area contributed by atoms with E-state index in [0.717, 1.165) is 33.4 Å². The van der Waals surface area contributed by atoms with Crippen molar-refractivity contribution in [3.05, 3.63) is 215 Å². The normalized spacial score (nSPS) is 13.2. The van der Waals surface area contributed by atoms with E-state index in [2.05, 4.69) is 10.6 Å². The molecule has 11 nitrogen and oxygen atoms in total. The predicted octanol–water partition coefficient (Wildman–Crippen LogP) is 6.45. The molecule has 0 bridgehead atoms. The molecule has 0 aliphatic heterocycles. The third kappa shape index (κ3) is 14.3. The third-order valence-corrected chi connectivity index (χ3v) is 13.0. The molecule has 6 rings (SSSR count). The van der Waals surface area contributed by atoms with Crippen LogP contribution < -0.4 is 10.6 Å². The minimum atomic E-state index is -1.09. The maximum absolute atomic E-state index is 15.5. The number of nitrogens with one attached hydrogen (secondary N) is 2. The van der Waals surface area contributed by atoms with Crippen molar-refractivity contribution in [3.63, 3.8) is 0 Å². The molecule has 0 aliphatic rings. The van der Waals surface area contributed by atoms with Crippen molar-refractivity contribution in [2.75, 3.05) is 41.8 Å². The minimum Gasteiger partial charge on any atom is -0.354 e. The summed E-state index contributed by atoms with van der Waals surface area (Å²) in [6.45, 7) is 0.373. The summed E-state index contributed by atoms with van der Waals surface area (Å²) in [5.74, 6) is -1.89. The van der Waals surface area contributed by atoms with E-state index in [1.807, 2.05) is 182 Å². The lowest BCUT2D eigenvalue weighted by Crippen LogP contribution is -2.61. The molecule has 0 radical (unpaired) electrons. The SMILES string of the molecule is CN[C@@H](Cc1ccccc1)C(=O)N(C)[C@@H](Cc1ccccc1)C(=O)N(C)[C@@H](Cc1ccccc1)C(=O)N(C)[C@@H](Cc1ccccc1)C(=O)N(C)[C@@H](Cc1ccccc1)C(=O)NCCc1ccccc1. The van der Waals surface area contributed by atoms with Crippen LogP contribution in [0.5, 0.6) is 0 Å². The van der Waals surface area contributed by atoms with E-state index in [4.69, 9.17) is 0 Å². The number of carbonyl (C=O) groups excluding carboxylic acids is 5. The smallest absolute Gasteiger partial charge is 0.246 e. The van der Waals surface area contributed by atoms with Gasteiger partial charge in [0.15, 0.2) is 0 Å². The molecule has 6 aromatic rings. The van der Waals surface area contributed by atoms with Gasteiger partial charge in [-0.05, 0) is 53.3 Å². The first kappa shape index (κ1) is 51.0. The van der Waals surface area contributed by atoms with Crippen LogP contribution in [0.15, 0.2) is 182 Å². The molecule has 0 heterocycles. The van der Waals surface area contributed by atoms with Crippen LogP contribution in [-0.2, 0) is 62.5 Å². The van der Waals surface area contributed by atoms with E-state index in [9.17, 15) is 9.59 Å². The summed E-state index contributed by atoms with van der Waals surface area (Å²) in [5, 5.41) is 6.24. The molecule has 0 aliphatic carbocycles. The lowest BCUT2D eigenvalue weighted by molar-refractivity contribution is -0.154. The number of benzene rings is 6. The summed E-state index contributed by atoms with van der Waals surface area (Å²) in [6, 6.07) is 52.9. The van der Waals surface area contributed by atoms with Crippen LogP contribution >= 0.6 is 0 Å². The summed E-state index contributed by atoms with van der Waals surface area (Å²) in [7, 11) is 8.20. The standard InChI is InChI=1S/C58H66N6O5/c1-59-49(38-44-26-14-7-15-27-44)55(66)62(3)51(40-46-30-18-9-19-31-46)57(68)64(5)53(42-48-34-22-11-23-35-48)58(69)63(4)52(41-47-32-20-10-21-33-47)56(67)61(2)50(39-45-28-16-8-17-29-45)54(65)60-37-36-43-24-12-6-13-25-43/h6-35,49-53,59H,36-42H2,1-5H3,(H,60,65)/t49-,50-,51-,52-,53-/m0/s1. The molecule has 0 unspecified atom stereocenters. The molecule has 0 saturated heterocycles. The minimum absolute atomic E-state index is 0.137. The maximum atomic E-state index is 15.5. The molecular formula is C58H66N6O5. The van der Waals surface area contributed by atoms with E-state index >= 15 is 14.4 Å². The Morgan fingerprint density at radius 2 is 0.623 bits per heavy atom. The molecule has 5 amide bonds. The number of hydrogen-bond donors (Lipinski definition) is 2. The molecule has 0 aromatic heterocycles. The van der Waals surface area contributed by atoms with Gasteiger partial charge in [0, 0.05) is 60.4 Å². The first-order valence-electron chi connectivity index (χ1n) is 23.7. The Hall–Kier alpha value is -7.37. The third-order valence-electron chi connectivity index (χ3n) is 13.0. The van der Waals surface area contributed by atoms with Gasteiger partial charge in [0.1, 0.15) is 24.2 Å². The van der Waals surface area contributed by atoms with E-state index in [0.29, 0.717) is 19.4 Å². The second kappa shape index (κ2) is 25.7. The fraction of sp³-hybridized carbons (Fsp3) is 0.293. The molecule has 358 valence electrons. The highest BCUT2D eigenvalue weighted by Crippen LogP contribution is 2.22. The summed E-state index contributed by atoms with van der Waals surface area (Å²) in [6.07, 6.45) is 1.76. The zero-order valence-corrected chi connectivity index (χ0v) is 40.5. The number of likely N-dealkylation sites (N-methyl/N-ethyl adjacent to an activating group) is 5. The zero-order valence-electron chi connectivity index (χ0n) is 40.5. The topological polar surface area (TPSA) is 122 Å². The van der Waals surface area contributed by atoms with Gasteiger partial charge in [-0.3, -0.25) is 24.0 Å². The van der Waals surface area contributed by atoms with Gasteiger partial charge < -0.3 is 30.2 Å². The van der Waals surface area contributed by atoms with Gasteiger partial charge in [-0.25, -0.2) is 0 Å². The number of amides is 5. The molecule has 11 heteroatoms. The quantitative estimate of drug-likeness (QED) is 0.0762. The van der Waals surface area contributed by atoms with Crippen molar-refractivity contribution in [1.82, 2.24) is 30.2 Å². The van der Waals surface area contributed by atoms with Crippen LogP contribution in [-0.4, -0.2) is 121 Å². The Kier molecular flexibility index (Phi) is 19.0. The van der Waals surface area contributed by atoms with Crippen molar-refractivity contribution in [1.29, 1.82) is 0 Å². The fourth-order valence-electron chi connectivity index (χ4n) is 8.75. The molecule has 0 saturated carbocycles. The summed E-state index contributed by atoms with van der Waals surface area (Å²) < 4.78 is 0. The van der Waals surface area contributed by atoms with E-state index in [1.54, 1.807) is 35.2 Å². The second-order valence-electron chi connectivity index (χ2n) is 17.7. The average Bonchev–Trinajstić information content (AvgIpc) is 3.39. The Morgan fingerprint density at radius 1 is 0.362 bits per heavy atom. The largest absolute Gasteiger partial charge is 0.354 e.